The van der Waals surface area contributed by atoms with E-state index in [4.69, 9.17) is 12.2 Å². The predicted octanol–water partition coefficient (Wildman–Crippen LogP) is 4.68. The number of hydrogen-bond acceptors (Lipinski definition) is 3. The van der Waals surface area contributed by atoms with Gasteiger partial charge in [0.2, 0.25) is 0 Å². The van der Waals surface area contributed by atoms with E-state index >= 15 is 0 Å². The average Bonchev–Trinajstić information content (AvgIpc) is 2.91. The molecule has 0 unspecified atom stereocenters. The number of rotatable bonds is 5. The maximum absolute atomic E-state index is 12.0. The maximum atomic E-state index is 12.0. The van der Waals surface area contributed by atoms with Crippen molar-refractivity contribution in [2.45, 2.75) is 44.2 Å². The first-order chi connectivity index (χ1) is 9.87. The van der Waals surface area contributed by atoms with Crippen LogP contribution in [0.15, 0.2) is 4.47 Å². The normalized spacial score (nSPS) is 16.6. The summed E-state index contributed by atoms with van der Waals surface area (Å²) >= 11 is 8.66. The standard InChI is InChI=1S/C13H16BrF3N2OS/c14-10-11(8-3-1-2-4-8)18-9(19-12(10)21)5-6-20-7-13(15,16)17/h8H,1-7H2,(H,18,19,21). The fourth-order valence-electron chi connectivity index (χ4n) is 2.50. The highest BCUT2D eigenvalue weighted by Gasteiger charge is 2.27. The highest BCUT2D eigenvalue weighted by Crippen LogP contribution is 2.36. The lowest BCUT2D eigenvalue weighted by atomic mass is 10.0. The third-order valence-corrected chi connectivity index (χ3v) is 4.81. The molecule has 0 bridgehead atoms. The minimum Gasteiger partial charge on any atom is -0.372 e. The molecule has 1 N–H and O–H groups in total. The molecular formula is C13H16BrF3N2OS. The van der Waals surface area contributed by atoms with Crippen molar-refractivity contribution in [2.24, 2.45) is 0 Å². The van der Waals surface area contributed by atoms with Crippen molar-refractivity contribution < 1.29 is 17.9 Å². The molecule has 0 aromatic carbocycles. The van der Waals surface area contributed by atoms with Crippen molar-refractivity contribution >= 4 is 28.1 Å². The van der Waals surface area contributed by atoms with Crippen molar-refractivity contribution in [1.29, 1.82) is 0 Å². The second-order valence-electron chi connectivity index (χ2n) is 5.12. The van der Waals surface area contributed by atoms with Crippen LogP contribution >= 0.6 is 28.1 Å². The van der Waals surface area contributed by atoms with Crippen LogP contribution < -0.4 is 0 Å². The van der Waals surface area contributed by atoms with Crippen LogP contribution in [-0.4, -0.2) is 29.4 Å². The van der Waals surface area contributed by atoms with Crippen molar-refractivity contribution in [3.8, 4) is 0 Å². The molecule has 1 saturated carbocycles. The van der Waals surface area contributed by atoms with Gasteiger partial charge in [0, 0.05) is 18.0 Å². The number of hydrogen-bond donors (Lipinski definition) is 1. The van der Waals surface area contributed by atoms with Crippen molar-refractivity contribution in [3.63, 3.8) is 0 Å². The molecule has 1 aliphatic carbocycles. The highest BCUT2D eigenvalue weighted by atomic mass is 79.9. The molecule has 3 nitrogen and oxygen atoms in total. The number of nitrogens with one attached hydrogen (secondary N) is 1. The Bertz CT molecular complexity index is 541. The lowest BCUT2D eigenvalue weighted by Crippen LogP contribution is -2.18. The molecule has 2 rings (SSSR count). The minimum atomic E-state index is -4.30. The van der Waals surface area contributed by atoms with Gasteiger partial charge in [-0.15, -0.1) is 0 Å². The third-order valence-electron chi connectivity index (χ3n) is 3.45. The van der Waals surface area contributed by atoms with E-state index in [2.05, 4.69) is 30.6 Å². The van der Waals surface area contributed by atoms with E-state index in [1.807, 2.05) is 0 Å². The molecule has 21 heavy (non-hydrogen) atoms. The van der Waals surface area contributed by atoms with Crippen molar-refractivity contribution in [2.75, 3.05) is 13.2 Å². The number of nitrogens with zero attached hydrogens (tertiary/aromatic N) is 1. The van der Waals surface area contributed by atoms with Gasteiger partial charge in [-0.2, -0.15) is 13.2 Å². The summed E-state index contributed by atoms with van der Waals surface area (Å²) < 4.78 is 41.8. The first kappa shape index (κ1) is 16.9. The van der Waals surface area contributed by atoms with E-state index in [1.54, 1.807) is 0 Å². The number of ether oxygens (including phenoxy) is 1. The number of H-pyrrole nitrogens is 1. The quantitative estimate of drug-likeness (QED) is 0.591. The van der Waals surface area contributed by atoms with Crippen LogP contribution in [0.2, 0.25) is 0 Å². The van der Waals surface area contributed by atoms with Crippen molar-refractivity contribution in [3.05, 3.63) is 20.6 Å². The zero-order valence-electron chi connectivity index (χ0n) is 11.3. The number of halogens is 4. The Morgan fingerprint density at radius 1 is 1.33 bits per heavy atom. The molecule has 1 aromatic rings. The summed E-state index contributed by atoms with van der Waals surface area (Å²) in [6, 6.07) is 0. The van der Waals surface area contributed by atoms with Gasteiger partial charge in [-0.05, 0) is 28.8 Å². The Kier molecular flexibility index (Phi) is 5.79. The summed E-state index contributed by atoms with van der Waals surface area (Å²) in [5.74, 6) is 0.992. The van der Waals surface area contributed by atoms with E-state index < -0.39 is 12.8 Å². The van der Waals surface area contributed by atoms with Crippen LogP contribution in [0.25, 0.3) is 0 Å². The van der Waals surface area contributed by atoms with Gasteiger partial charge >= 0.3 is 6.18 Å². The molecule has 0 aliphatic heterocycles. The predicted molar refractivity (Wildman–Crippen MR) is 78.9 cm³/mol. The van der Waals surface area contributed by atoms with Crippen LogP contribution in [0.5, 0.6) is 0 Å². The molecule has 0 radical (unpaired) electrons. The molecule has 1 heterocycles. The van der Waals surface area contributed by atoms with Crippen LogP contribution in [0.3, 0.4) is 0 Å². The van der Waals surface area contributed by atoms with Gasteiger partial charge in [-0.3, -0.25) is 0 Å². The second kappa shape index (κ2) is 7.19. The highest BCUT2D eigenvalue weighted by molar-refractivity contribution is 9.10. The summed E-state index contributed by atoms with van der Waals surface area (Å²) in [6.07, 6.45) is 0.547. The van der Waals surface area contributed by atoms with Gasteiger partial charge in [0.1, 0.15) is 17.1 Å². The SMILES string of the molecule is FC(F)(F)COCCc1nc(=S)c(Br)c(C2CCCC2)[nH]1. The Morgan fingerprint density at radius 3 is 2.62 bits per heavy atom. The first-order valence-corrected chi connectivity index (χ1v) is 8.00. The van der Waals surface area contributed by atoms with Crippen LogP contribution in [0.4, 0.5) is 13.2 Å². The van der Waals surface area contributed by atoms with Crippen molar-refractivity contribution in [1.82, 2.24) is 9.97 Å². The van der Waals surface area contributed by atoms with Gasteiger partial charge in [0.25, 0.3) is 0 Å². The van der Waals surface area contributed by atoms with Crippen LogP contribution in [0, 0.1) is 4.64 Å². The topological polar surface area (TPSA) is 37.9 Å². The van der Waals surface area contributed by atoms with E-state index in [9.17, 15) is 13.2 Å². The lowest BCUT2D eigenvalue weighted by Gasteiger charge is -2.14. The summed E-state index contributed by atoms with van der Waals surface area (Å²) in [5, 5.41) is 0. The van der Waals surface area contributed by atoms with E-state index in [1.165, 1.54) is 12.8 Å². The number of alkyl halides is 3. The van der Waals surface area contributed by atoms with Crippen LogP contribution in [-0.2, 0) is 11.2 Å². The van der Waals surface area contributed by atoms with E-state index in [-0.39, 0.29) is 13.0 Å². The fraction of sp³-hybridized carbons (Fsp3) is 0.692. The van der Waals surface area contributed by atoms with Gasteiger partial charge in [0.15, 0.2) is 0 Å². The summed E-state index contributed by atoms with van der Waals surface area (Å²) in [4.78, 5) is 7.40. The average molecular weight is 385 g/mol. The first-order valence-electron chi connectivity index (χ1n) is 6.80. The lowest BCUT2D eigenvalue weighted by molar-refractivity contribution is -0.173. The third kappa shape index (κ3) is 5.03. The Balaban J connectivity index is 2.01. The van der Waals surface area contributed by atoms with Gasteiger partial charge in [0.05, 0.1) is 11.1 Å². The summed E-state index contributed by atoms with van der Waals surface area (Å²) in [5.41, 5.74) is 1.01. The van der Waals surface area contributed by atoms with E-state index in [0.29, 0.717) is 16.4 Å². The summed E-state index contributed by atoms with van der Waals surface area (Å²) in [7, 11) is 0. The molecule has 0 saturated heterocycles. The van der Waals surface area contributed by atoms with Gasteiger partial charge in [-0.25, -0.2) is 4.98 Å². The Morgan fingerprint density at radius 2 is 2.00 bits per heavy atom. The zero-order valence-corrected chi connectivity index (χ0v) is 13.7. The Labute approximate surface area is 134 Å². The number of aromatic nitrogens is 2. The second-order valence-corrected chi connectivity index (χ2v) is 6.30. The summed E-state index contributed by atoms with van der Waals surface area (Å²) in [6.45, 7) is -1.27. The molecule has 1 fully saturated rings. The minimum absolute atomic E-state index is 0.0382. The largest absolute Gasteiger partial charge is 0.411 e. The fourth-order valence-corrected chi connectivity index (χ4v) is 3.23. The molecule has 118 valence electrons. The smallest absolute Gasteiger partial charge is 0.372 e. The zero-order chi connectivity index (χ0) is 15.5. The molecule has 1 aliphatic rings. The molecular weight excluding hydrogens is 369 g/mol. The molecule has 0 spiro atoms. The molecule has 1 aromatic heterocycles. The molecule has 0 atom stereocenters. The molecule has 0 amide bonds. The number of aromatic amines is 1. The molecule has 8 heteroatoms. The van der Waals surface area contributed by atoms with Crippen LogP contribution in [0.1, 0.15) is 43.1 Å². The van der Waals surface area contributed by atoms with Gasteiger partial charge < -0.3 is 9.72 Å². The Hall–Kier alpha value is -0.470. The van der Waals surface area contributed by atoms with E-state index in [0.717, 1.165) is 23.0 Å². The van der Waals surface area contributed by atoms with Gasteiger partial charge in [-0.1, -0.05) is 25.1 Å². The monoisotopic (exact) mass is 384 g/mol. The maximum Gasteiger partial charge on any atom is 0.411 e.